The first-order valence-corrected chi connectivity index (χ1v) is 7.68. The number of carbonyl (C=O) groups excluding carboxylic acids is 3. The van der Waals surface area contributed by atoms with E-state index in [0.717, 1.165) is 25.5 Å². The molecule has 0 aromatic rings. The van der Waals surface area contributed by atoms with Crippen LogP contribution in [-0.2, 0) is 14.4 Å². The van der Waals surface area contributed by atoms with Crippen molar-refractivity contribution in [3.63, 3.8) is 0 Å². The average molecular weight is 281 g/mol. The highest BCUT2D eigenvalue weighted by Crippen LogP contribution is 2.26. The number of rotatable bonds is 8. The number of hydrogen-bond acceptors (Lipinski definition) is 3. The normalized spacial score (nSPS) is 21.1. The molecule has 4 nitrogen and oxygen atoms in total. The number of unbranched alkanes of at least 4 members (excludes halogenated alkanes) is 1. The van der Waals surface area contributed by atoms with E-state index in [-0.39, 0.29) is 29.6 Å². The molecule has 1 aliphatic rings. The van der Waals surface area contributed by atoms with Crippen molar-refractivity contribution in [2.24, 2.45) is 23.7 Å². The molecule has 1 aliphatic heterocycles. The minimum atomic E-state index is -0.138. The highest BCUT2D eigenvalue weighted by Gasteiger charge is 2.39. The van der Waals surface area contributed by atoms with Gasteiger partial charge in [-0.3, -0.25) is 14.5 Å². The topological polar surface area (TPSA) is 54.5 Å². The Morgan fingerprint density at radius 3 is 2.30 bits per heavy atom. The zero-order chi connectivity index (χ0) is 15.3. The van der Waals surface area contributed by atoms with Crippen LogP contribution < -0.4 is 0 Å². The molecule has 0 spiro atoms. The quantitative estimate of drug-likeness (QED) is 0.390. The van der Waals surface area contributed by atoms with Crippen LogP contribution in [0.3, 0.4) is 0 Å². The van der Waals surface area contributed by atoms with Gasteiger partial charge in [-0.1, -0.05) is 34.1 Å². The molecule has 2 unspecified atom stereocenters. The van der Waals surface area contributed by atoms with Crippen molar-refractivity contribution in [3.8, 4) is 0 Å². The first-order chi connectivity index (χ1) is 9.38. The van der Waals surface area contributed by atoms with Crippen LogP contribution in [0.15, 0.2) is 0 Å². The third kappa shape index (κ3) is 4.15. The fourth-order valence-corrected chi connectivity index (χ4v) is 2.67. The third-order valence-electron chi connectivity index (χ3n) is 4.28. The van der Waals surface area contributed by atoms with Gasteiger partial charge in [0.2, 0.25) is 11.8 Å². The Labute approximate surface area is 121 Å². The van der Waals surface area contributed by atoms with E-state index in [4.69, 9.17) is 0 Å². The summed E-state index contributed by atoms with van der Waals surface area (Å²) >= 11 is 0. The Hall–Kier alpha value is -1.19. The number of hydrogen-bond donors (Lipinski definition) is 0. The van der Waals surface area contributed by atoms with Crippen LogP contribution >= 0.6 is 0 Å². The molecule has 2 amide bonds. The van der Waals surface area contributed by atoms with Crippen molar-refractivity contribution in [2.45, 2.75) is 53.4 Å². The van der Waals surface area contributed by atoms with E-state index in [1.165, 1.54) is 4.90 Å². The Bertz CT molecular complexity index is 363. The summed E-state index contributed by atoms with van der Waals surface area (Å²) in [5, 5.41) is 0. The van der Waals surface area contributed by atoms with E-state index in [0.29, 0.717) is 18.9 Å². The zero-order valence-corrected chi connectivity index (χ0v) is 13.1. The van der Waals surface area contributed by atoms with Crippen LogP contribution in [0, 0.1) is 23.7 Å². The number of likely N-dealkylation sites (tertiary alicyclic amines) is 1. The van der Waals surface area contributed by atoms with Crippen molar-refractivity contribution in [1.82, 2.24) is 4.90 Å². The van der Waals surface area contributed by atoms with E-state index >= 15 is 0 Å². The Kier molecular flexibility index (Phi) is 6.37. The fourth-order valence-electron chi connectivity index (χ4n) is 2.67. The van der Waals surface area contributed by atoms with Crippen LogP contribution in [0.1, 0.15) is 53.4 Å². The van der Waals surface area contributed by atoms with Crippen LogP contribution in [0.4, 0.5) is 0 Å². The van der Waals surface area contributed by atoms with E-state index in [9.17, 15) is 14.4 Å². The summed E-state index contributed by atoms with van der Waals surface area (Å²) in [6.07, 6.45) is 3.89. The molecule has 0 saturated carbocycles. The van der Waals surface area contributed by atoms with Gasteiger partial charge < -0.3 is 4.79 Å². The van der Waals surface area contributed by atoms with E-state index < -0.39 is 0 Å². The second-order valence-corrected chi connectivity index (χ2v) is 6.48. The lowest BCUT2D eigenvalue weighted by Crippen LogP contribution is -2.32. The predicted molar refractivity (Wildman–Crippen MR) is 77.9 cm³/mol. The Morgan fingerprint density at radius 2 is 1.85 bits per heavy atom. The molecule has 0 aromatic carbocycles. The molecule has 4 heteroatoms. The second kappa shape index (κ2) is 7.55. The second-order valence-electron chi connectivity index (χ2n) is 6.48. The molecule has 20 heavy (non-hydrogen) atoms. The average Bonchev–Trinajstić information content (AvgIpc) is 2.65. The SMILES string of the molecule is CC(C)C(C=O)CCCCN1C(=O)CC(C(C)C)C1=O. The maximum Gasteiger partial charge on any atom is 0.233 e. The summed E-state index contributed by atoms with van der Waals surface area (Å²) in [7, 11) is 0. The van der Waals surface area contributed by atoms with E-state index in [1.54, 1.807) is 0 Å². The number of aldehydes is 1. The first kappa shape index (κ1) is 16.9. The molecule has 0 aliphatic carbocycles. The monoisotopic (exact) mass is 281 g/mol. The van der Waals surface area contributed by atoms with Gasteiger partial charge in [0.25, 0.3) is 0 Å². The lowest BCUT2D eigenvalue weighted by Gasteiger charge is -2.17. The number of nitrogens with zero attached hydrogens (tertiary/aromatic N) is 1. The summed E-state index contributed by atoms with van der Waals surface area (Å²) < 4.78 is 0. The predicted octanol–water partition coefficient (Wildman–Crippen LogP) is 2.66. The summed E-state index contributed by atoms with van der Waals surface area (Å²) in [4.78, 5) is 36.3. The molecular formula is C16H27NO3. The Balaban J connectivity index is 2.37. The highest BCUT2D eigenvalue weighted by molar-refractivity contribution is 6.03. The lowest BCUT2D eigenvalue weighted by atomic mass is 9.92. The summed E-state index contributed by atoms with van der Waals surface area (Å²) in [5.74, 6) is 0.472. The molecule has 0 radical (unpaired) electrons. The van der Waals surface area contributed by atoms with Gasteiger partial charge in [-0.05, 0) is 24.7 Å². The molecule has 0 bridgehead atoms. The maximum absolute atomic E-state index is 12.1. The van der Waals surface area contributed by atoms with Gasteiger partial charge >= 0.3 is 0 Å². The van der Waals surface area contributed by atoms with Crippen LogP contribution in [0.2, 0.25) is 0 Å². The van der Waals surface area contributed by atoms with Gasteiger partial charge in [0.15, 0.2) is 0 Å². The summed E-state index contributed by atoms with van der Waals surface area (Å²) in [5.41, 5.74) is 0. The fraction of sp³-hybridized carbons (Fsp3) is 0.812. The molecule has 2 atom stereocenters. The van der Waals surface area contributed by atoms with Gasteiger partial charge in [0.1, 0.15) is 6.29 Å². The maximum atomic E-state index is 12.1. The van der Waals surface area contributed by atoms with Crippen LogP contribution in [0.5, 0.6) is 0 Å². The molecule has 1 fully saturated rings. The molecule has 114 valence electrons. The van der Waals surface area contributed by atoms with Crippen molar-refractivity contribution in [3.05, 3.63) is 0 Å². The van der Waals surface area contributed by atoms with Crippen molar-refractivity contribution in [1.29, 1.82) is 0 Å². The first-order valence-electron chi connectivity index (χ1n) is 7.68. The van der Waals surface area contributed by atoms with Gasteiger partial charge in [-0.15, -0.1) is 0 Å². The van der Waals surface area contributed by atoms with Gasteiger partial charge in [-0.2, -0.15) is 0 Å². The molecule has 0 aromatic heterocycles. The van der Waals surface area contributed by atoms with E-state index in [2.05, 4.69) is 0 Å². The minimum absolute atomic E-state index is 0.0132. The lowest BCUT2D eigenvalue weighted by molar-refractivity contribution is -0.139. The van der Waals surface area contributed by atoms with Crippen molar-refractivity contribution >= 4 is 18.1 Å². The van der Waals surface area contributed by atoms with Crippen molar-refractivity contribution in [2.75, 3.05) is 6.54 Å². The molecule has 1 heterocycles. The molecule has 0 N–H and O–H groups in total. The number of amides is 2. The smallest absolute Gasteiger partial charge is 0.233 e. The largest absolute Gasteiger partial charge is 0.303 e. The van der Waals surface area contributed by atoms with Crippen LogP contribution in [0.25, 0.3) is 0 Å². The Morgan fingerprint density at radius 1 is 1.20 bits per heavy atom. The minimum Gasteiger partial charge on any atom is -0.303 e. The third-order valence-corrected chi connectivity index (χ3v) is 4.28. The van der Waals surface area contributed by atoms with Gasteiger partial charge in [0, 0.05) is 24.8 Å². The van der Waals surface area contributed by atoms with E-state index in [1.807, 2.05) is 27.7 Å². The van der Waals surface area contributed by atoms with Crippen molar-refractivity contribution < 1.29 is 14.4 Å². The molecule has 1 rings (SSSR count). The van der Waals surface area contributed by atoms with Gasteiger partial charge in [-0.25, -0.2) is 0 Å². The summed E-state index contributed by atoms with van der Waals surface area (Å²) in [6, 6.07) is 0. The molecule has 1 saturated heterocycles. The van der Waals surface area contributed by atoms with Crippen LogP contribution in [-0.4, -0.2) is 29.5 Å². The standard InChI is InChI=1S/C16H27NO3/c1-11(2)13(10-18)7-5-6-8-17-15(19)9-14(12(3)4)16(17)20/h10-14H,5-9H2,1-4H3. The number of carbonyl (C=O) groups is 3. The zero-order valence-electron chi connectivity index (χ0n) is 13.1. The van der Waals surface area contributed by atoms with Gasteiger partial charge in [0.05, 0.1) is 0 Å². The number of imide groups is 1. The molecular weight excluding hydrogens is 254 g/mol. The summed E-state index contributed by atoms with van der Waals surface area (Å²) in [6.45, 7) is 8.55. The highest BCUT2D eigenvalue weighted by atomic mass is 16.2.